The van der Waals surface area contributed by atoms with Crippen LogP contribution in [0.5, 0.6) is 0 Å². The molecule has 4 nitrogen and oxygen atoms in total. The maximum Gasteiger partial charge on any atom is 0.258 e. The standard InChI is InChI=1S/C27H30ClN3O.ClH/c28-22-11-13-23(14-12-22)30-19-17-29(18-20-30)15-3-1-2-4-16-31-25-10-6-8-21-7-5-9-24(26(21)25)27(31)32;/h5-14H,1-4,15-20H2;1H. The van der Waals surface area contributed by atoms with Crippen molar-refractivity contribution in [1.29, 1.82) is 0 Å². The first kappa shape index (κ1) is 23.9. The van der Waals surface area contributed by atoms with Gasteiger partial charge in [-0.1, -0.05) is 48.7 Å². The summed E-state index contributed by atoms with van der Waals surface area (Å²) >= 11 is 6.00. The normalized spacial score (nSPS) is 15.8. The Labute approximate surface area is 207 Å². The molecule has 2 aliphatic heterocycles. The van der Waals surface area contributed by atoms with E-state index in [0.29, 0.717) is 0 Å². The largest absolute Gasteiger partial charge is 0.369 e. The van der Waals surface area contributed by atoms with Crippen molar-refractivity contribution < 1.29 is 4.79 Å². The highest BCUT2D eigenvalue weighted by atomic mass is 35.5. The zero-order valence-electron chi connectivity index (χ0n) is 18.9. The molecule has 5 rings (SSSR count). The fourth-order valence-electron chi connectivity index (χ4n) is 5.04. The van der Waals surface area contributed by atoms with Crippen LogP contribution in [0.2, 0.25) is 5.02 Å². The van der Waals surface area contributed by atoms with Crippen molar-refractivity contribution in [3.05, 3.63) is 71.2 Å². The Morgan fingerprint density at radius 1 is 0.758 bits per heavy atom. The van der Waals surface area contributed by atoms with Crippen LogP contribution in [-0.2, 0) is 0 Å². The Kier molecular flexibility index (Phi) is 7.79. The maximum atomic E-state index is 12.9. The number of anilines is 2. The van der Waals surface area contributed by atoms with E-state index in [9.17, 15) is 4.79 Å². The van der Waals surface area contributed by atoms with Crippen molar-refractivity contribution >= 4 is 52.1 Å². The number of carbonyl (C=O) groups is 1. The predicted octanol–water partition coefficient (Wildman–Crippen LogP) is 6.26. The van der Waals surface area contributed by atoms with Gasteiger partial charge in [0.05, 0.1) is 5.69 Å². The quantitative estimate of drug-likeness (QED) is 0.353. The van der Waals surface area contributed by atoms with Gasteiger partial charge in [-0.2, -0.15) is 0 Å². The molecule has 174 valence electrons. The molecule has 1 fully saturated rings. The number of amides is 1. The molecule has 33 heavy (non-hydrogen) atoms. The van der Waals surface area contributed by atoms with E-state index in [2.05, 4.69) is 46.2 Å². The van der Waals surface area contributed by atoms with E-state index in [1.165, 1.54) is 31.5 Å². The number of rotatable bonds is 8. The first-order valence-electron chi connectivity index (χ1n) is 11.8. The van der Waals surface area contributed by atoms with E-state index < -0.39 is 0 Å². The highest BCUT2D eigenvalue weighted by molar-refractivity contribution is 6.30. The number of hydrogen-bond acceptors (Lipinski definition) is 3. The molecule has 0 bridgehead atoms. The third-order valence-corrected chi connectivity index (χ3v) is 7.07. The lowest BCUT2D eigenvalue weighted by molar-refractivity contribution is 0.0992. The van der Waals surface area contributed by atoms with Gasteiger partial charge in [0.25, 0.3) is 5.91 Å². The van der Waals surface area contributed by atoms with Gasteiger partial charge < -0.3 is 9.80 Å². The Hall–Kier alpha value is -2.27. The molecule has 2 aliphatic rings. The van der Waals surface area contributed by atoms with E-state index in [1.54, 1.807) is 0 Å². The lowest BCUT2D eigenvalue weighted by Gasteiger charge is -2.36. The molecular weight excluding hydrogens is 453 g/mol. The van der Waals surface area contributed by atoms with Crippen LogP contribution in [0.15, 0.2) is 60.7 Å². The maximum absolute atomic E-state index is 12.9. The van der Waals surface area contributed by atoms with Crippen LogP contribution in [0.3, 0.4) is 0 Å². The zero-order chi connectivity index (χ0) is 21.9. The number of hydrogen-bond donors (Lipinski definition) is 0. The molecular formula is C27H31Cl2N3O. The summed E-state index contributed by atoms with van der Waals surface area (Å²) in [6, 6.07) is 20.4. The van der Waals surface area contributed by atoms with Crippen molar-refractivity contribution in [2.24, 2.45) is 0 Å². The number of unbranched alkanes of at least 4 members (excludes halogenated alkanes) is 3. The van der Waals surface area contributed by atoms with Crippen molar-refractivity contribution in [2.45, 2.75) is 25.7 Å². The number of halogens is 2. The summed E-state index contributed by atoms with van der Waals surface area (Å²) in [7, 11) is 0. The highest BCUT2D eigenvalue weighted by Gasteiger charge is 2.28. The molecule has 6 heteroatoms. The summed E-state index contributed by atoms with van der Waals surface area (Å²) in [5, 5.41) is 3.08. The van der Waals surface area contributed by atoms with Crippen molar-refractivity contribution in [3.8, 4) is 0 Å². The van der Waals surface area contributed by atoms with Gasteiger partial charge in [0.15, 0.2) is 0 Å². The van der Waals surface area contributed by atoms with Gasteiger partial charge in [-0.15, -0.1) is 12.4 Å². The van der Waals surface area contributed by atoms with Crippen LogP contribution in [0, 0.1) is 0 Å². The molecule has 1 amide bonds. The van der Waals surface area contributed by atoms with Crippen LogP contribution in [0.4, 0.5) is 11.4 Å². The molecule has 1 saturated heterocycles. The van der Waals surface area contributed by atoms with E-state index in [0.717, 1.165) is 66.2 Å². The summed E-state index contributed by atoms with van der Waals surface area (Å²) in [5.74, 6) is 0.162. The Bertz CT molecular complexity index is 1090. The zero-order valence-corrected chi connectivity index (χ0v) is 20.5. The van der Waals surface area contributed by atoms with Crippen molar-refractivity contribution in [3.63, 3.8) is 0 Å². The fraction of sp³-hybridized carbons (Fsp3) is 0.370. The minimum atomic E-state index is 0. The number of nitrogens with zero attached hydrogens (tertiary/aromatic N) is 3. The molecule has 0 spiro atoms. The first-order valence-corrected chi connectivity index (χ1v) is 12.1. The molecule has 0 radical (unpaired) electrons. The Morgan fingerprint density at radius 3 is 2.15 bits per heavy atom. The van der Waals surface area contributed by atoms with Crippen molar-refractivity contribution in [1.82, 2.24) is 4.90 Å². The average Bonchev–Trinajstić information content (AvgIpc) is 3.10. The SMILES string of the molecule is Cl.O=C1c2cccc3cccc(c23)N1CCCCCCN1CCN(c2ccc(Cl)cc2)CC1. The molecule has 3 aromatic rings. The van der Waals surface area contributed by atoms with Gasteiger partial charge in [0, 0.05) is 54.4 Å². The average molecular weight is 484 g/mol. The molecule has 2 heterocycles. The lowest BCUT2D eigenvalue weighted by Crippen LogP contribution is -2.46. The highest BCUT2D eigenvalue weighted by Crippen LogP contribution is 2.37. The summed E-state index contributed by atoms with van der Waals surface area (Å²) in [6.07, 6.45) is 4.67. The molecule has 0 aliphatic carbocycles. The summed E-state index contributed by atoms with van der Waals surface area (Å²) in [5.41, 5.74) is 3.21. The third kappa shape index (κ3) is 5.13. The predicted molar refractivity (Wildman–Crippen MR) is 141 cm³/mol. The molecule has 0 aromatic heterocycles. The van der Waals surface area contributed by atoms with Crippen LogP contribution < -0.4 is 9.80 Å². The Morgan fingerprint density at radius 2 is 1.42 bits per heavy atom. The van der Waals surface area contributed by atoms with Crippen LogP contribution in [0.25, 0.3) is 10.8 Å². The minimum absolute atomic E-state index is 0. The van der Waals surface area contributed by atoms with Gasteiger partial charge in [0.1, 0.15) is 0 Å². The minimum Gasteiger partial charge on any atom is -0.369 e. The number of piperazine rings is 1. The van der Waals surface area contributed by atoms with Gasteiger partial charge in [-0.25, -0.2) is 0 Å². The van der Waals surface area contributed by atoms with E-state index in [-0.39, 0.29) is 18.3 Å². The number of benzene rings is 3. The van der Waals surface area contributed by atoms with E-state index in [1.807, 2.05) is 29.2 Å². The summed E-state index contributed by atoms with van der Waals surface area (Å²) in [4.78, 5) is 19.9. The van der Waals surface area contributed by atoms with Gasteiger partial charge in [0.2, 0.25) is 0 Å². The molecule has 0 unspecified atom stereocenters. The first-order chi connectivity index (χ1) is 15.7. The lowest BCUT2D eigenvalue weighted by atomic mass is 10.1. The second kappa shape index (κ2) is 10.8. The summed E-state index contributed by atoms with van der Waals surface area (Å²) < 4.78 is 0. The van der Waals surface area contributed by atoms with E-state index in [4.69, 9.17) is 11.6 Å². The second-order valence-corrected chi connectivity index (χ2v) is 9.29. The third-order valence-electron chi connectivity index (χ3n) is 6.82. The van der Waals surface area contributed by atoms with Crippen LogP contribution >= 0.6 is 24.0 Å². The Balaban J connectivity index is 0.00000259. The van der Waals surface area contributed by atoms with Gasteiger partial charge in [-0.05, 0) is 61.2 Å². The number of carbonyl (C=O) groups excluding carboxylic acids is 1. The molecule has 0 N–H and O–H groups in total. The topological polar surface area (TPSA) is 26.8 Å². The molecule has 0 saturated carbocycles. The van der Waals surface area contributed by atoms with Crippen molar-refractivity contribution in [2.75, 3.05) is 49.1 Å². The van der Waals surface area contributed by atoms with Crippen LogP contribution in [0.1, 0.15) is 36.0 Å². The van der Waals surface area contributed by atoms with Gasteiger partial charge >= 0.3 is 0 Å². The fourth-order valence-corrected chi connectivity index (χ4v) is 5.17. The van der Waals surface area contributed by atoms with E-state index >= 15 is 0 Å². The molecule has 0 atom stereocenters. The smallest absolute Gasteiger partial charge is 0.258 e. The summed E-state index contributed by atoms with van der Waals surface area (Å²) in [6.45, 7) is 6.37. The monoisotopic (exact) mass is 483 g/mol. The van der Waals surface area contributed by atoms with Gasteiger partial charge in [-0.3, -0.25) is 9.69 Å². The molecule has 3 aromatic carbocycles. The second-order valence-electron chi connectivity index (χ2n) is 8.86. The van der Waals surface area contributed by atoms with Crippen LogP contribution in [-0.4, -0.2) is 50.1 Å².